The highest BCUT2D eigenvalue weighted by Gasteiger charge is 2.30. The third-order valence-electron chi connectivity index (χ3n) is 2.99. The van der Waals surface area contributed by atoms with E-state index in [9.17, 15) is 18.0 Å². The molecule has 2 heterocycles. The van der Waals surface area contributed by atoms with Crippen molar-refractivity contribution < 1.29 is 13.2 Å². The number of aromatic amines is 1. The number of nitrogens with zero attached hydrogens (tertiary/aromatic N) is 1. The minimum atomic E-state index is -4.49. The van der Waals surface area contributed by atoms with Gasteiger partial charge in [-0.3, -0.25) is 4.79 Å². The lowest BCUT2D eigenvalue weighted by atomic mass is 10.1. The van der Waals surface area contributed by atoms with Crippen LogP contribution in [0.15, 0.2) is 35.3 Å². The van der Waals surface area contributed by atoms with Crippen LogP contribution in [0.5, 0.6) is 0 Å². The Morgan fingerprint density at radius 1 is 1.15 bits per heavy atom. The number of hydrogen-bond donors (Lipinski definition) is 1. The van der Waals surface area contributed by atoms with E-state index in [1.54, 1.807) is 0 Å². The molecule has 3 nitrogen and oxygen atoms in total. The molecule has 0 aliphatic heterocycles. The molecule has 1 aromatic carbocycles. The van der Waals surface area contributed by atoms with E-state index in [-0.39, 0.29) is 21.4 Å². The van der Waals surface area contributed by atoms with Crippen LogP contribution in [0.2, 0.25) is 5.02 Å². The summed E-state index contributed by atoms with van der Waals surface area (Å²) in [7, 11) is 0. The molecule has 0 radical (unpaired) electrons. The van der Waals surface area contributed by atoms with Crippen LogP contribution in [0.3, 0.4) is 0 Å². The lowest BCUT2D eigenvalue weighted by Gasteiger charge is -2.09. The standard InChI is InChI=1S/C13H6ClF3N2O/c14-9-3-4-18-11-10(9)8-5-6(13(15,16)17)1-2-7(8)12(20)19-11/h1-5H,(H,18,19,20). The van der Waals surface area contributed by atoms with Crippen LogP contribution in [0, 0.1) is 0 Å². The molecule has 0 bridgehead atoms. The summed E-state index contributed by atoms with van der Waals surface area (Å²) < 4.78 is 38.3. The smallest absolute Gasteiger partial charge is 0.306 e. The van der Waals surface area contributed by atoms with Gasteiger partial charge in [0.05, 0.1) is 10.6 Å². The fourth-order valence-electron chi connectivity index (χ4n) is 2.09. The molecule has 0 aliphatic carbocycles. The lowest BCUT2D eigenvalue weighted by Crippen LogP contribution is -2.10. The average molecular weight is 299 g/mol. The number of benzene rings is 1. The number of H-pyrrole nitrogens is 1. The molecule has 0 saturated carbocycles. The Bertz CT molecular complexity index is 886. The van der Waals surface area contributed by atoms with E-state index >= 15 is 0 Å². The minimum Gasteiger partial charge on any atom is -0.306 e. The number of alkyl halides is 3. The molecule has 3 aromatic rings. The summed E-state index contributed by atoms with van der Waals surface area (Å²) in [5.74, 6) is 0. The van der Waals surface area contributed by atoms with Crippen molar-refractivity contribution in [3.63, 3.8) is 0 Å². The zero-order chi connectivity index (χ0) is 14.5. The fraction of sp³-hybridized carbons (Fsp3) is 0.0769. The van der Waals surface area contributed by atoms with E-state index in [1.165, 1.54) is 12.3 Å². The highest BCUT2D eigenvalue weighted by molar-refractivity contribution is 6.37. The van der Waals surface area contributed by atoms with Gasteiger partial charge in [-0.25, -0.2) is 4.98 Å². The second kappa shape index (κ2) is 4.21. The van der Waals surface area contributed by atoms with Crippen molar-refractivity contribution in [1.29, 1.82) is 0 Å². The summed E-state index contributed by atoms with van der Waals surface area (Å²) in [6.07, 6.45) is -3.11. The number of hydrogen-bond acceptors (Lipinski definition) is 2. The Kier molecular flexibility index (Phi) is 2.72. The molecule has 1 N–H and O–H groups in total. The predicted molar refractivity (Wildman–Crippen MR) is 69.9 cm³/mol. The van der Waals surface area contributed by atoms with Gasteiger partial charge in [-0.15, -0.1) is 0 Å². The predicted octanol–water partition coefficient (Wildman–Crippen LogP) is 3.75. The lowest BCUT2D eigenvalue weighted by molar-refractivity contribution is -0.137. The SMILES string of the molecule is O=c1[nH]c2nccc(Cl)c2c2cc(C(F)(F)F)ccc12. The zero-order valence-corrected chi connectivity index (χ0v) is 10.5. The monoisotopic (exact) mass is 298 g/mol. The van der Waals surface area contributed by atoms with Gasteiger partial charge in [0.25, 0.3) is 5.56 Å². The average Bonchev–Trinajstić information content (AvgIpc) is 2.37. The molecule has 0 saturated heterocycles. The van der Waals surface area contributed by atoms with Gasteiger partial charge in [0, 0.05) is 22.4 Å². The van der Waals surface area contributed by atoms with Crippen molar-refractivity contribution >= 4 is 33.4 Å². The highest BCUT2D eigenvalue weighted by Crippen LogP contribution is 2.34. The first-order valence-electron chi connectivity index (χ1n) is 5.55. The zero-order valence-electron chi connectivity index (χ0n) is 9.75. The number of halogens is 4. The van der Waals surface area contributed by atoms with Crippen molar-refractivity contribution in [1.82, 2.24) is 9.97 Å². The summed E-state index contributed by atoms with van der Waals surface area (Å²) in [6, 6.07) is 4.38. The van der Waals surface area contributed by atoms with Gasteiger partial charge < -0.3 is 4.98 Å². The Hall–Kier alpha value is -2.08. The van der Waals surface area contributed by atoms with Crippen LogP contribution < -0.4 is 5.56 Å². The topological polar surface area (TPSA) is 45.8 Å². The molecule has 0 aliphatic rings. The molecule has 0 fully saturated rings. The van der Waals surface area contributed by atoms with E-state index in [4.69, 9.17) is 11.6 Å². The molecule has 20 heavy (non-hydrogen) atoms. The molecular weight excluding hydrogens is 293 g/mol. The third kappa shape index (κ3) is 1.92. The maximum Gasteiger partial charge on any atom is 0.416 e. The van der Waals surface area contributed by atoms with Crippen LogP contribution in [0.25, 0.3) is 21.8 Å². The molecule has 2 aromatic heterocycles. The first-order chi connectivity index (χ1) is 9.38. The first kappa shape index (κ1) is 12.9. The number of rotatable bonds is 0. The van der Waals surface area contributed by atoms with Crippen LogP contribution in [0.4, 0.5) is 13.2 Å². The van der Waals surface area contributed by atoms with Gasteiger partial charge in [0.15, 0.2) is 0 Å². The molecule has 0 amide bonds. The molecule has 7 heteroatoms. The van der Waals surface area contributed by atoms with Gasteiger partial charge in [-0.2, -0.15) is 13.2 Å². The van der Waals surface area contributed by atoms with Gasteiger partial charge in [-0.1, -0.05) is 11.6 Å². The van der Waals surface area contributed by atoms with Crippen LogP contribution >= 0.6 is 11.6 Å². The Morgan fingerprint density at radius 2 is 1.90 bits per heavy atom. The Morgan fingerprint density at radius 3 is 2.60 bits per heavy atom. The van der Waals surface area contributed by atoms with Crippen LogP contribution in [-0.4, -0.2) is 9.97 Å². The van der Waals surface area contributed by atoms with Crippen LogP contribution in [0.1, 0.15) is 5.56 Å². The maximum absolute atomic E-state index is 12.8. The second-order valence-electron chi connectivity index (χ2n) is 4.23. The van der Waals surface area contributed by atoms with E-state index in [2.05, 4.69) is 9.97 Å². The molecule has 0 atom stereocenters. The van der Waals surface area contributed by atoms with E-state index in [1.807, 2.05) is 0 Å². The number of fused-ring (bicyclic) bond motifs is 3. The highest BCUT2D eigenvalue weighted by atomic mass is 35.5. The molecule has 3 rings (SSSR count). The Balaban J connectivity index is 2.54. The van der Waals surface area contributed by atoms with Gasteiger partial charge in [-0.05, 0) is 24.3 Å². The Labute approximate surface area is 115 Å². The number of pyridine rings is 2. The van der Waals surface area contributed by atoms with Crippen LogP contribution in [-0.2, 0) is 6.18 Å². The number of nitrogens with one attached hydrogen (secondary N) is 1. The van der Waals surface area contributed by atoms with E-state index in [0.29, 0.717) is 5.39 Å². The summed E-state index contributed by atoms with van der Waals surface area (Å²) in [5, 5.41) is 0.808. The van der Waals surface area contributed by atoms with Gasteiger partial charge >= 0.3 is 6.18 Å². The fourth-order valence-corrected chi connectivity index (χ4v) is 2.34. The maximum atomic E-state index is 12.8. The second-order valence-corrected chi connectivity index (χ2v) is 4.64. The quantitative estimate of drug-likeness (QED) is 0.643. The molecular formula is C13H6ClF3N2O. The molecule has 102 valence electrons. The summed E-state index contributed by atoms with van der Waals surface area (Å²) in [6.45, 7) is 0. The normalized spacial score (nSPS) is 12.2. The van der Waals surface area contributed by atoms with Crippen molar-refractivity contribution in [2.24, 2.45) is 0 Å². The third-order valence-corrected chi connectivity index (χ3v) is 3.31. The summed E-state index contributed by atoms with van der Waals surface area (Å²) in [5.41, 5.74) is -1.18. The largest absolute Gasteiger partial charge is 0.416 e. The van der Waals surface area contributed by atoms with Crippen molar-refractivity contribution in [2.75, 3.05) is 0 Å². The van der Waals surface area contributed by atoms with Crippen molar-refractivity contribution in [3.05, 3.63) is 51.4 Å². The van der Waals surface area contributed by atoms with E-state index in [0.717, 1.165) is 18.2 Å². The van der Waals surface area contributed by atoms with Crippen molar-refractivity contribution in [3.8, 4) is 0 Å². The van der Waals surface area contributed by atoms with Crippen molar-refractivity contribution in [2.45, 2.75) is 6.18 Å². The van der Waals surface area contributed by atoms with Gasteiger partial charge in [0.1, 0.15) is 5.65 Å². The number of aromatic nitrogens is 2. The first-order valence-corrected chi connectivity index (χ1v) is 5.93. The summed E-state index contributed by atoms with van der Waals surface area (Å²) >= 11 is 6.01. The summed E-state index contributed by atoms with van der Waals surface area (Å²) in [4.78, 5) is 18.3. The molecule has 0 spiro atoms. The van der Waals surface area contributed by atoms with E-state index < -0.39 is 17.3 Å². The minimum absolute atomic E-state index is 0.136. The molecule has 0 unspecified atom stereocenters. The van der Waals surface area contributed by atoms with Gasteiger partial charge in [0.2, 0.25) is 0 Å².